The number of piperazine rings is 1. The zero-order valence-electron chi connectivity index (χ0n) is 21.2. The summed E-state index contributed by atoms with van der Waals surface area (Å²) in [6.07, 6.45) is -0.318. The number of imide groups is 2. The maximum atomic E-state index is 14.6. The van der Waals surface area contributed by atoms with Crippen LogP contribution in [0.25, 0.3) is 0 Å². The molecule has 1 aromatic carbocycles. The van der Waals surface area contributed by atoms with Crippen molar-refractivity contribution in [2.45, 2.75) is 39.0 Å². The van der Waals surface area contributed by atoms with Crippen LogP contribution in [0.2, 0.25) is 0 Å². The molecule has 4 rings (SSSR count). The number of ether oxygens (including phenoxy) is 3. The molecule has 1 unspecified atom stereocenters. The average molecular weight is 521 g/mol. The number of rotatable bonds is 11. The molecule has 11 nitrogen and oxygen atoms in total. The Morgan fingerprint density at radius 2 is 1.73 bits per heavy atom. The number of benzene rings is 1. The smallest absolute Gasteiger partial charge is 0.264 e. The average Bonchev–Trinajstić information content (AvgIpc) is 3.11. The number of halogens is 1. The normalized spacial score (nSPS) is 20.7. The van der Waals surface area contributed by atoms with Crippen LogP contribution >= 0.6 is 0 Å². The van der Waals surface area contributed by atoms with Crippen LogP contribution in [-0.4, -0.2) is 105 Å². The zero-order chi connectivity index (χ0) is 26.5. The van der Waals surface area contributed by atoms with E-state index in [-0.39, 0.29) is 30.3 Å². The van der Waals surface area contributed by atoms with Gasteiger partial charge in [-0.3, -0.25) is 34.3 Å². The second-order valence-corrected chi connectivity index (χ2v) is 9.04. The standard InChI is InChI=1S/C25H33FN4O7/c1-3-36-21(37-4-2)15-35-12-11-28-7-9-29(10-8-28)19-14-16(26)13-17-22(19)25(34)30(24(17)33)18-5-6-20(31)27-23(18)32/h13-14,18,21H,3-12,15H2,1-2H3,(H,27,31,32). The summed E-state index contributed by atoms with van der Waals surface area (Å²) >= 11 is 0. The Morgan fingerprint density at radius 1 is 1.03 bits per heavy atom. The summed E-state index contributed by atoms with van der Waals surface area (Å²) < 4.78 is 31.2. The molecule has 3 aliphatic rings. The van der Waals surface area contributed by atoms with Gasteiger partial charge >= 0.3 is 0 Å². The first-order valence-corrected chi connectivity index (χ1v) is 12.7. The summed E-state index contributed by atoms with van der Waals surface area (Å²) in [4.78, 5) is 55.2. The third kappa shape index (κ3) is 5.98. The highest BCUT2D eigenvalue weighted by Crippen LogP contribution is 2.35. The molecule has 1 atom stereocenters. The molecule has 0 aromatic heterocycles. The number of hydrogen-bond donors (Lipinski definition) is 1. The topological polar surface area (TPSA) is 118 Å². The lowest BCUT2D eigenvalue weighted by atomic mass is 10.0. The monoisotopic (exact) mass is 520 g/mol. The third-order valence-corrected chi connectivity index (χ3v) is 6.71. The molecule has 0 aliphatic carbocycles. The van der Waals surface area contributed by atoms with Crippen molar-refractivity contribution in [1.29, 1.82) is 0 Å². The van der Waals surface area contributed by atoms with Crippen LogP contribution in [-0.2, 0) is 23.8 Å². The minimum atomic E-state index is -1.09. The van der Waals surface area contributed by atoms with Gasteiger partial charge < -0.3 is 19.1 Å². The van der Waals surface area contributed by atoms with Gasteiger partial charge in [-0.15, -0.1) is 0 Å². The molecule has 3 aliphatic heterocycles. The molecule has 37 heavy (non-hydrogen) atoms. The highest BCUT2D eigenvalue weighted by atomic mass is 19.1. The number of carbonyl (C=O) groups excluding carboxylic acids is 4. The predicted octanol–water partition coefficient (Wildman–Crippen LogP) is 0.765. The Kier molecular flexibility index (Phi) is 8.85. The van der Waals surface area contributed by atoms with Gasteiger partial charge in [0.05, 0.1) is 30.0 Å². The van der Waals surface area contributed by atoms with Gasteiger partial charge in [0.1, 0.15) is 11.9 Å². The summed E-state index contributed by atoms with van der Waals surface area (Å²) in [6.45, 7) is 8.79. The SMILES string of the molecule is CCOC(COCCN1CCN(c2cc(F)cc3c2C(=O)N(C2CCC(=O)NC2=O)C3=O)CC1)OCC. The summed E-state index contributed by atoms with van der Waals surface area (Å²) in [5.74, 6) is -3.13. The molecule has 0 radical (unpaired) electrons. The first kappa shape index (κ1) is 27.1. The quantitative estimate of drug-likeness (QED) is 0.256. The van der Waals surface area contributed by atoms with Crippen molar-refractivity contribution >= 4 is 29.3 Å². The Morgan fingerprint density at radius 3 is 2.38 bits per heavy atom. The van der Waals surface area contributed by atoms with Crippen molar-refractivity contribution < 1.29 is 37.8 Å². The van der Waals surface area contributed by atoms with E-state index in [1.54, 1.807) is 0 Å². The Labute approximate surface area is 214 Å². The number of nitrogens with one attached hydrogen (secondary N) is 1. The highest BCUT2D eigenvalue weighted by Gasteiger charge is 2.46. The fourth-order valence-corrected chi connectivity index (χ4v) is 4.89. The van der Waals surface area contributed by atoms with E-state index < -0.39 is 35.5 Å². The first-order chi connectivity index (χ1) is 17.8. The van der Waals surface area contributed by atoms with Gasteiger partial charge in [-0.25, -0.2) is 4.39 Å². The van der Waals surface area contributed by atoms with Crippen molar-refractivity contribution in [3.63, 3.8) is 0 Å². The van der Waals surface area contributed by atoms with E-state index in [0.29, 0.717) is 64.8 Å². The van der Waals surface area contributed by atoms with Crippen LogP contribution in [0, 0.1) is 5.82 Å². The summed E-state index contributed by atoms with van der Waals surface area (Å²) in [5, 5.41) is 2.17. The van der Waals surface area contributed by atoms with Crippen molar-refractivity contribution in [2.24, 2.45) is 0 Å². The molecule has 2 saturated heterocycles. The lowest BCUT2D eigenvalue weighted by Crippen LogP contribution is -2.54. The van der Waals surface area contributed by atoms with Gasteiger partial charge in [-0.2, -0.15) is 0 Å². The molecule has 0 spiro atoms. The maximum absolute atomic E-state index is 14.6. The van der Waals surface area contributed by atoms with Crippen LogP contribution in [0.4, 0.5) is 10.1 Å². The van der Waals surface area contributed by atoms with Gasteiger partial charge in [0.25, 0.3) is 11.8 Å². The first-order valence-electron chi connectivity index (χ1n) is 12.7. The van der Waals surface area contributed by atoms with Gasteiger partial charge in [0.15, 0.2) is 6.29 Å². The predicted molar refractivity (Wildman–Crippen MR) is 130 cm³/mol. The molecule has 0 bridgehead atoms. The molecule has 1 aromatic rings. The molecule has 4 amide bonds. The molecular formula is C25H33FN4O7. The number of amides is 4. The van der Waals surface area contributed by atoms with E-state index >= 15 is 0 Å². The molecule has 12 heteroatoms. The summed E-state index contributed by atoms with van der Waals surface area (Å²) in [6, 6.07) is 1.21. The molecule has 202 valence electrons. The van der Waals surface area contributed by atoms with E-state index in [1.807, 2.05) is 18.7 Å². The number of fused-ring (bicyclic) bond motifs is 1. The van der Waals surface area contributed by atoms with Crippen molar-refractivity contribution in [3.8, 4) is 0 Å². The van der Waals surface area contributed by atoms with Gasteiger partial charge in [0, 0.05) is 52.4 Å². The molecule has 2 fully saturated rings. The van der Waals surface area contributed by atoms with E-state index in [4.69, 9.17) is 14.2 Å². The Bertz CT molecular complexity index is 1040. The highest BCUT2D eigenvalue weighted by molar-refractivity contribution is 6.25. The van der Waals surface area contributed by atoms with Crippen LogP contribution in [0.5, 0.6) is 0 Å². The van der Waals surface area contributed by atoms with Crippen LogP contribution in [0.15, 0.2) is 12.1 Å². The zero-order valence-corrected chi connectivity index (χ0v) is 21.2. The van der Waals surface area contributed by atoms with E-state index in [0.717, 1.165) is 11.0 Å². The van der Waals surface area contributed by atoms with Gasteiger partial charge in [-0.05, 0) is 32.4 Å². The van der Waals surface area contributed by atoms with E-state index in [9.17, 15) is 23.6 Å². The van der Waals surface area contributed by atoms with Crippen LogP contribution in [0.3, 0.4) is 0 Å². The number of carbonyl (C=O) groups is 4. The Hall–Kier alpha value is -2.93. The minimum absolute atomic E-state index is 0.0224. The number of piperidine rings is 1. The minimum Gasteiger partial charge on any atom is -0.375 e. The molecule has 3 heterocycles. The molecule has 0 saturated carbocycles. The second kappa shape index (κ2) is 12.1. The number of hydrogen-bond acceptors (Lipinski definition) is 9. The lowest BCUT2D eigenvalue weighted by molar-refractivity contribution is -0.167. The third-order valence-electron chi connectivity index (χ3n) is 6.71. The van der Waals surface area contributed by atoms with Crippen LogP contribution < -0.4 is 10.2 Å². The fraction of sp³-hybridized carbons (Fsp3) is 0.600. The van der Waals surface area contributed by atoms with Crippen molar-refractivity contribution in [3.05, 3.63) is 29.1 Å². The van der Waals surface area contributed by atoms with Crippen LogP contribution in [0.1, 0.15) is 47.4 Å². The molecule has 1 N–H and O–H groups in total. The van der Waals surface area contributed by atoms with Crippen molar-refractivity contribution in [2.75, 3.05) is 64.1 Å². The largest absolute Gasteiger partial charge is 0.375 e. The fourth-order valence-electron chi connectivity index (χ4n) is 4.89. The summed E-state index contributed by atoms with van der Waals surface area (Å²) in [7, 11) is 0. The lowest BCUT2D eigenvalue weighted by Gasteiger charge is -2.36. The van der Waals surface area contributed by atoms with Gasteiger partial charge in [0.2, 0.25) is 11.8 Å². The number of nitrogens with zero attached hydrogens (tertiary/aromatic N) is 3. The summed E-state index contributed by atoms with van der Waals surface area (Å²) in [5.41, 5.74) is 0.389. The Balaban J connectivity index is 1.37. The van der Waals surface area contributed by atoms with E-state index in [1.165, 1.54) is 6.07 Å². The maximum Gasteiger partial charge on any atom is 0.264 e. The molecular weight excluding hydrogens is 487 g/mol. The second-order valence-electron chi connectivity index (χ2n) is 9.04. The number of anilines is 1. The van der Waals surface area contributed by atoms with Crippen molar-refractivity contribution in [1.82, 2.24) is 15.1 Å². The van der Waals surface area contributed by atoms with E-state index in [2.05, 4.69) is 10.2 Å². The van der Waals surface area contributed by atoms with Gasteiger partial charge in [-0.1, -0.05) is 0 Å².